The monoisotopic (exact) mass is 518 g/mol. The first-order valence-corrected chi connectivity index (χ1v) is 15.0. The van der Waals surface area contributed by atoms with Crippen LogP contribution in [0.1, 0.15) is 53.9 Å². The van der Waals surface area contributed by atoms with Gasteiger partial charge in [-0.05, 0) is 53.2 Å². The summed E-state index contributed by atoms with van der Waals surface area (Å²) >= 11 is 0. The number of allylic oxidation sites excluding steroid dienone is 2. The van der Waals surface area contributed by atoms with Crippen molar-refractivity contribution >= 4 is 24.7 Å². The zero-order valence-electron chi connectivity index (χ0n) is 23.3. The Hall–Kier alpha value is -2.89. The third-order valence-electron chi connectivity index (χ3n) is 7.57. The van der Waals surface area contributed by atoms with E-state index in [1.54, 1.807) is 0 Å². The fraction of sp³-hybridized carbons (Fsp3) is 0.406. The molecule has 198 valence electrons. The molecule has 0 aliphatic heterocycles. The number of methoxy groups -OCH3 is 1. The molecule has 37 heavy (non-hydrogen) atoms. The number of carbonyl (C=O) groups excluding carboxylic acids is 1. The summed E-state index contributed by atoms with van der Waals surface area (Å²) in [7, 11) is -1.08. The van der Waals surface area contributed by atoms with Gasteiger partial charge in [-0.25, -0.2) is 0 Å². The molecule has 1 aliphatic carbocycles. The van der Waals surface area contributed by atoms with E-state index in [1.165, 1.54) is 17.5 Å². The molecule has 0 saturated heterocycles. The highest BCUT2D eigenvalue weighted by atomic mass is 28.4. The van der Waals surface area contributed by atoms with Crippen LogP contribution in [0.2, 0.25) is 5.04 Å². The fourth-order valence-corrected chi connectivity index (χ4v) is 9.87. The standard InChI is InChI=1S/C32H42O4Si/c1-25-26(2)32(6,30(33)34-7)22-21-29(25)35-23-15-10-16-24-36-37(31(3,4)5,27-17-11-8-12-18-27)28-19-13-9-14-20-28/h8-15,17-20H,2,16,21-24H2,1,3-7H3/b15-10+/t32-/m1/s1. The van der Waals surface area contributed by atoms with Gasteiger partial charge in [-0.1, -0.05) is 100 Å². The molecule has 0 spiro atoms. The molecule has 0 radical (unpaired) electrons. The number of benzene rings is 2. The van der Waals surface area contributed by atoms with Crippen molar-refractivity contribution in [2.75, 3.05) is 20.3 Å². The Kier molecular flexibility index (Phi) is 9.38. The number of hydrogen-bond donors (Lipinski definition) is 0. The molecule has 0 amide bonds. The number of ether oxygens (including phenoxy) is 2. The molecule has 1 atom stereocenters. The second-order valence-electron chi connectivity index (χ2n) is 10.9. The lowest BCUT2D eigenvalue weighted by atomic mass is 9.72. The van der Waals surface area contributed by atoms with Crippen molar-refractivity contribution in [1.29, 1.82) is 0 Å². The van der Waals surface area contributed by atoms with E-state index < -0.39 is 13.7 Å². The minimum absolute atomic E-state index is 0.0331. The van der Waals surface area contributed by atoms with Crippen LogP contribution in [0, 0.1) is 5.41 Å². The molecule has 0 unspecified atom stereocenters. The summed E-state index contributed by atoms with van der Waals surface area (Å²) in [6.45, 7) is 16.0. The van der Waals surface area contributed by atoms with Crippen LogP contribution < -0.4 is 10.4 Å². The number of carbonyl (C=O) groups is 1. The molecule has 0 heterocycles. The third kappa shape index (κ3) is 5.99. The molecule has 0 fully saturated rings. The van der Waals surface area contributed by atoms with Crippen molar-refractivity contribution in [2.45, 2.75) is 58.9 Å². The van der Waals surface area contributed by atoms with Crippen molar-refractivity contribution < 1.29 is 18.7 Å². The van der Waals surface area contributed by atoms with Crippen LogP contribution in [-0.4, -0.2) is 34.6 Å². The van der Waals surface area contributed by atoms with Gasteiger partial charge < -0.3 is 13.9 Å². The Morgan fingerprint density at radius 2 is 1.59 bits per heavy atom. The van der Waals surface area contributed by atoms with Crippen molar-refractivity contribution in [1.82, 2.24) is 0 Å². The van der Waals surface area contributed by atoms with Gasteiger partial charge in [-0.3, -0.25) is 4.79 Å². The van der Waals surface area contributed by atoms with Gasteiger partial charge in [0, 0.05) is 13.0 Å². The Labute approximate surface area is 224 Å². The number of hydrogen-bond acceptors (Lipinski definition) is 4. The Morgan fingerprint density at radius 3 is 2.11 bits per heavy atom. The van der Waals surface area contributed by atoms with Crippen LogP contribution in [-0.2, 0) is 18.7 Å². The summed E-state index contributed by atoms with van der Waals surface area (Å²) in [5, 5.41) is 2.55. The topological polar surface area (TPSA) is 44.8 Å². The van der Waals surface area contributed by atoms with E-state index in [0.717, 1.165) is 23.3 Å². The number of esters is 1. The zero-order chi connectivity index (χ0) is 27.1. The van der Waals surface area contributed by atoms with Gasteiger partial charge in [0.1, 0.15) is 6.61 Å². The molecule has 1 aliphatic rings. The lowest BCUT2D eigenvalue weighted by Crippen LogP contribution is -2.66. The van der Waals surface area contributed by atoms with Gasteiger partial charge in [0.15, 0.2) is 0 Å². The molecule has 4 nitrogen and oxygen atoms in total. The molecular weight excluding hydrogens is 476 g/mol. The van der Waals surface area contributed by atoms with Crippen molar-refractivity contribution in [3.8, 4) is 0 Å². The van der Waals surface area contributed by atoms with Crippen molar-refractivity contribution in [3.05, 3.63) is 96.3 Å². The molecule has 0 saturated carbocycles. The van der Waals surface area contributed by atoms with E-state index in [4.69, 9.17) is 13.9 Å². The highest BCUT2D eigenvalue weighted by Crippen LogP contribution is 2.43. The predicted octanol–water partition coefficient (Wildman–Crippen LogP) is 6.33. The summed E-state index contributed by atoms with van der Waals surface area (Å²) in [5.74, 6) is 0.663. The normalized spacial score (nSPS) is 18.8. The predicted molar refractivity (Wildman–Crippen MR) is 154 cm³/mol. The second-order valence-corrected chi connectivity index (χ2v) is 15.2. The van der Waals surface area contributed by atoms with Crippen molar-refractivity contribution in [3.63, 3.8) is 0 Å². The third-order valence-corrected chi connectivity index (χ3v) is 12.6. The molecule has 3 rings (SSSR count). The number of rotatable bonds is 10. The van der Waals surface area contributed by atoms with Gasteiger partial charge in [0.2, 0.25) is 0 Å². The van der Waals surface area contributed by atoms with Crippen molar-refractivity contribution in [2.24, 2.45) is 5.41 Å². The van der Waals surface area contributed by atoms with Gasteiger partial charge in [0.05, 0.1) is 18.3 Å². The van der Waals surface area contributed by atoms with Gasteiger partial charge in [0.25, 0.3) is 8.32 Å². The largest absolute Gasteiger partial charge is 0.494 e. The van der Waals surface area contributed by atoms with E-state index in [2.05, 4.69) is 94.1 Å². The molecule has 2 aromatic carbocycles. The lowest BCUT2D eigenvalue weighted by molar-refractivity contribution is -0.150. The Bertz CT molecular complexity index is 1090. The van der Waals surface area contributed by atoms with Crippen LogP contribution in [0.4, 0.5) is 0 Å². The maximum absolute atomic E-state index is 12.3. The van der Waals surface area contributed by atoms with Gasteiger partial charge in [-0.15, -0.1) is 0 Å². The maximum atomic E-state index is 12.3. The smallest absolute Gasteiger partial charge is 0.315 e. The van der Waals surface area contributed by atoms with E-state index in [-0.39, 0.29) is 11.0 Å². The molecular formula is C32H42O4Si. The summed E-state index contributed by atoms with van der Waals surface area (Å²) < 4.78 is 18.0. The average Bonchev–Trinajstić information content (AvgIpc) is 2.90. The van der Waals surface area contributed by atoms with E-state index in [0.29, 0.717) is 26.1 Å². The quantitative estimate of drug-likeness (QED) is 0.160. The highest BCUT2D eigenvalue weighted by Gasteiger charge is 2.50. The summed E-state index contributed by atoms with van der Waals surface area (Å²) in [5.41, 5.74) is 1.05. The molecule has 5 heteroatoms. The first kappa shape index (κ1) is 28.7. The second kappa shape index (κ2) is 12.1. The van der Waals surface area contributed by atoms with Crippen LogP contribution in [0.5, 0.6) is 0 Å². The first-order valence-electron chi connectivity index (χ1n) is 13.1. The maximum Gasteiger partial charge on any atom is 0.315 e. The van der Waals surface area contributed by atoms with Crippen LogP contribution in [0.3, 0.4) is 0 Å². The molecule has 0 N–H and O–H groups in total. The first-order chi connectivity index (χ1) is 17.6. The summed E-state index contributed by atoms with van der Waals surface area (Å²) in [6, 6.07) is 21.4. The fourth-order valence-electron chi connectivity index (χ4n) is 5.29. The average molecular weight is 519 g/mol. The summed E-state index contributed by atoms with van der Waals surface area (Å²) in [4.78, 5) is 12.3. The highest BCUT2D eigenvalue weighted by molar-refractivity contribution is 6.99. The molecule has 0 aromatic heterocycles. The zero-order valence-corrected chi connectivity index (χ0v) is 24.3. The Balaban J connectivity index is 1.65. The molecule has 0 bridgehead atoms. The van der Waals surface area contributed by atoms with E-state index in [1.807, 2.05) is 19.9 Å². The van der Waals surface area contributed by atoms with Crippen LogP contribution in [0.15, 0.2) is 96.3 Å². The minimum Gasteiger partial charge on any atom is -0.494 e. The SMILES string of the molecule is C=C1C(C)=C(OC/C=C/CCO[Si](c2ccccc2)(c2ccccc2)C(C)(C)C)CC[C@@]1(C)C(=O)OC. The van der Waals surface area contributed by atoms with Crippen LogP contribution in [0.25, 0.3) is 0 Å². The van der Waals surface area contributed by atoms with Gasteiger partial charge in [-0.2, -0.15) is 0 Å². The molecule has 2 aromatic rings. The van der Waals surface area contributed by atoms with Crippen LogP contribution >= 0.6 is 0 Å². The lowest BCUT2D eigenvalue weighted by Gasteiger charge is -2.43. The summed E-state index contributed by atoms with van der Waals surface area (Å²) in [6.07, 6.45) is 6.32. The Morgan fingerprint density at radius 1 is 1.03 bits per heavy atom. The van der Waals surface area contributed by atoms with E-state index in [9.17, 15) is 4.79 Å². The van der Waals surface area contributed by atoms with E-state index >= 15 is 0 Å². The van der Waals surface area contributed by atoms with Gasteiger partial charge >= 0.3 is 5.97 Å². The minimum atomic E-state index is -2.51.